The fourth-order valence-electron chi connectivity index (χ4n) is 3.90. The van der Waals surface area contributed by atoms with E-state index in [9.17, 15) is 18.0 Å². The van der Waals surface area contributed by atoms with Gasteiger partial charge in [-0.15, -0.1) is 0 Å². The summed E-state index contributed by atoms with van der Waals surface area (Å²) in [6.45, 7) is 3.11. The number of pyridine rings is 1. The lowest BCUT2D eigenvalue weighted by molar-refractivity contribution is -0.137. The summed E-state index contributed by atoms with van der Waals surface area (Å²) in [4.78, 5) is 28.1. The van der Waals surface area contributed by atoms with E-state index in [-0.39, 0.29) is 5.56 Å². The van der Waals surface area contributed by atoms with E-state index in [1.54, 1.807) is 12.1 Å². The molecule has 33 heavy (non-hydrogen) atoms. The van der Waals surface area contributed by atoms with E-state index in [0.29, 0.717) is 60.2 Å². The smallest absolute Gasteiger partial charge is 0.417 e. The first kappa shape index (κ1) is 22.8. The van der Waals surface area contributed by atoms with Crippen molar-refractivity contribution in [1.82, 2.24) is 19.9 Å². The highest BCUT2D eigenvalue weighted by molar-refractivity contribution is 5.81. The van der Waals surface area contributed by atoms with Crippen LogP contribution in [0.25, 0.3) is 10.9 Å². The second-order valence-corrected chi connectivity index (χ2v) is 7.76. The molecular weight excluding hydrogens is 439 g/mol. The number of nitrogens with one attached hydrogen (secondary N) is 1. The van der Waals surface area contributed by atoms with Gasteiger partial charge in [0.25, 0.3) is 5.56 Å². The molecule has 3 aromatic rings. The van der Waals surface area contributed by atoms with E-state index in [4.69, 9.17) is 9.47 Å². The quantitative estimate of drug-likeness (QED) is 0.623. The number of rotatable bonds is 5. The van der Waals surface area contributed by atoms with Crippen LogP contribution in [-0.4, -0.2) is 60.3 Å². The Labute approximate surface area is 188 Å². The molecule has 0 amide bonds. The van der Waals surface area contributed by atoms with E-state index in [1.165, 1.54) is 20.3 Å². The zero-order chi connectivity index (χ0) is 23.6. The normalized spacial score (nSPS) is 15.5. The van der Waals surface area contributed by atoms with Crippen molar-refractivity contribution in [3.63, 3.8) is 0 Å². The van der Waals surface area contributed by atoms with Gasteiger partial charge in [0.2, 0.25) is 0 Å². The molecular formula is C22H24F3N5O3. The van der Waals surface area contributed by atoms with E-state index in [2.05, 4.69) is 19.9 Å². The SMILES string of the molecule is COc1cc2nc(CN3CCCN(c4ccc(C(F)(F)F)cn4)CC3)[nH]c(=O)c2cc1OC. The van der Waals surface area contributed by atoms with Crippen LogP contribution < -0.4 is 19.9 Å². The average Bonchev–Trinajstić information content (AvgIpc) is 3.03. The third kappa shape index (κ3) is 5.03. The van der Waals surface area contributed by atoms with Crippen molar-refractivity contribution in [2.45, 2.75) is 19.1 Å². The summed E-state index contributed by atoms with van der Waals surface area (Å²) >= 11 is 0. The molecule has 3 heterocycles. The highest BCUT2D eigenvalue weighted by atomic mass is 19.4. The number of aromatic nitrogens is 3. The number of methoxy groups -OCH3 is 2. The van der Waals surface area contributed by atoms with Crippen molar-refractivity contribution < 1.29 is 22.6 Å². The summed E-state index contributed by atoms with van der Waals surface area (Å²) < 4.78 is 48.9. The first-order valence-electron chi connectivity index (χ1n) is 10.4. The van der Waals surface area contributed by atoms with Crippen LogP contribution in [0.15, 0.2) is 35.3 Å². The molecule has 1 fully saturated rings. The Morgan fingerprint density at radius 2 is 1.82 bits per heavy atom. The Morgan fingerprint density at radius 3 is 2.48 bits per heavy atom. The summed E-state index contributed by atoms with van der Waals surface area (Å²) in [6.07, 6.45) is -2.74. The minimum atomic E-state index is -4.40. The van der Waals surface area contributed by atoms with E-state index < -0.39 is 11.7 Å². The number of anilines is 1. The van der Waals surface area contributed by atoms with Gasteiger partial charge in [0, 0.05) is 38.4 Å². The molecule has 1 saturated heterocycles. The molecule has 1 aliphatic rings. The highest BCUT2D eigenvalue weighted by Crippen LogP contribution is 2.31. The average molecular weight is 463 g/mol. The maximum Gasteiger partial charge on any atom is 0.417 e. The predicted molar refractivity (Wildman–Crippen MR) is 117 cm³/mol. The Hall–Kier alpha value is -3.34. The van der Waals surface area contributed by atoms with Crippen molar-refractivity contribution >= 4 is 16.7 Å². The topological polar surface area (TPSA) is 83.6 Å². The number of alkyl halides is 3. The fourth-order valence-corrected chi connectivity index (χ4v) is 3.90. The summed E-state index contributed by atoms with van der Waals surface area (Å²) in [6, 6.07) is 5.73. The number of aromatic amines is 1. The standard InChI is InChI=1S/C22H24F3N5O3/c1-32-17-10-15-16(11-18(17)33-2)27-19(28-21(15)31)13-29-6-3-7-30(9-8-29)20-5-4-14(12-26-20)22(23,24)25/h4-5,10-12H,3,6-9,13H2,1-2H3,(H,27,28,31). The van der Waals surface area contributed by atoms with E-state index in [0.717, 1.165) is 25.2 Å². The molecule has 0 radical (unpaired) electrons. The number of hydrogen-bond acceptors (Lipinski definition) is 7. The monoisotopic (exact) mass is 463 g/mol. The van der Waals surface area contributed by atoms with Crippen molar-refractivity contribution in [1.29, 1.82) is 0 Å². The van der Waals surface area contributed by atoms with Gasteiger partial charge in [-0.2, -0.15) is 13.2 Å². The van der Waals surface area contributed by atoms with Crippen LogP contribution >= 0.6 is 0 Å². The van der Waals surface area contributed by atoms with Crippen molar-refractivity contribution in [3.8, 4) is 11.5 Å². The van der Waals surface area contributed by atoms with Gasteiger partial charge in [-0.25, -0.2) is 9.97 Å². The van der Waals surface area contributed by atoms with Crippen LogP contribution in [0.4, 0.5) is 19.0 Å². The number of fused-ring (bicyclic) bond motifs is 1. The lowest BCUT2D eigenvalue weighted by Gasteiger charge is -2.23. The van der Waals surface area contributed by atoms with E-state index in [1.807, 2.05) is 4.90 Å². The molecule has 0 bridgehead atoms. The van der Waals surface area contributed by atoms with E-state index >= 15 is 0 Å². The summed E-state index contributed by atoms with van der Waals surface area (Å²) in [5.41, 5.74) is -0.513. The van der Waals surface area contributed by atoms with Gasteiger partial charge in [-0.05, 0) is 24.6 Å². The zero-order valence-electron chi connectivity index (χ0n) is 18.3. The number of benzene rings is 1. The van der Waals surface area contributed by atoms with Gasteiger partial charge in [0.05, 0.1) is 37.2 Å². The van der Waals surface area contributed by atoms with Gasteiger partial charge in [-0.3, -0.25) is 9.69 Å². The van der Waals surface area contributed by atoms with Crippen LogP contribution in [0.3, 0.4) is 0 Å². The third-order valence-corrected chi connectivity index (χ3v) is 5.62. The number of nitrogens with zero attached hydrogens (tertiary/aromatic N) is 4. The van der Waals surface area contributed by atoms with Crippen LogP contribution in [-0.2, 0) is 12.7 Å². The predicted octanol–water partition coefficient (Wildman–Crippen LogP) is 3.07. The van der Waals surface area contributed by atoms with Crippen molar-refractivity contribution in [2.24, 2.45) is 0 Å². The molecule has 1 aliphatic heterocycles. The third-order valence-electron chi connectivity index (χ3n) is 5.62. The molecule has 0 unspecified atom stereocenters. The maximum absolute atomic E-state index is 12.8. The Balaban J connectivity index is 1.47. The highest BCUT2D eigenvalue weighted by Gasteiger charge is 2.31. The van der Waals surface area contributed by atoms with Gasteiger partial charge in [0.15, 0.2) is 11.5 Å². The minimum absolute atomic E-state index is 0.263. The first-order valence-corrected chi connectivity index (χ1v) is 10.4. The first-order chi connectivity index (χ1) is 15.8. The van der Waals surface area contributed by atoms with Gasteiger partial charge >= 0.3 is 6.18 Å². The molecule has 0 saturated carbocycles. The Kier molecular flexibility index (Phi) is 6.41. The van der Waals surface area contributed by atoms with Crippen LogP contribution in [0.5, 0.6) is 11.5 Å². The Morgan fingerprint density at radius 1 is 1.06 bits per heavy atom. The second-order valence-electron chi connectivity index (χ2n) is 7.76. The molecule has 8 nitrogen and oxygen atoms in total. The summed E-state index contributed by atoms with van der Waals surface area (Å²) in [5, 5.41) is 0.409. The minimum Gasteiger partial charge on any atom is -0.493 e. The van der Waals surface area contributed by atoms with Crippen LogP contribution in [0, 0.1) is 0 Å². The lowest BCUT2D eigenvalue weighted by atomic mass is 10.2. The van der Waals surface area contributed by atoms with Crippen LogP contribution in [0.1, 0.15) is 17.8 Å². The summed E-state index contributed by atoms with van der Waals surface area (Å²) in [5.74, 6) is 1.99. The number of halogens is 3. The molecule has 176 valence electrons. The molecule has 1 N–H and O–H groups in total. The van der Waals surface area contributed by atoms with Crippen molar-refractivity contribution in [3.05, 3.63) is 52.2 Å². The number of hydrogen-bond donors (Lipinski definition) is 1. The fraction of sp³-hybridized carbons (Fsp3) is 0.409. The Bertz CT molecular complexity index is 1180. The van der Waals surface area contributed by atoms with Gasteiger partial charge < -0.3 is 19.4 Å². The second kappa shape index (κ2) is 9.26. The van der Waals surface area contributed by atoms with Crippen molar-refractivity contribution in [2.75, 3.05) is 45.3 Å². The summed E-state index contributed by atoms with van der Waals surface area (Å²) in [7, 11) is 3.02. The van der Waals surface area contributed by atoms with Crippen LogP contribution in [0.2, 0.25) is 0 Å². The molecule has 4 rings (SSSR count). The molecule has 2 aromatic heterocycles. The zero-order valence-corrected chi connectivity index (χ0v) is 18.3. The molecule has 0 aliphatic carbocycles. The van der Waals surface area contributed by atoms with Gasteiger partial charge in [0.1, 0.15) is 11.6 Å². The lowest BCUT2D eigenvalue weighted by Crippen LogP contribution is -2.32. The number of ether oxygens (including phenoxy) is 2. The molecule has 0 atom stereocenters. The molecule has 0 spiro atoms. The largest absolute Gasteiger partial charge is 0.493 e. The molecule has 1 aromatic carbocycles. The maximum atomic E-state index is 12.8. The van der Waals surface area contributed by atoms with Gasteiger partial charge in [-0.1, -0.05) is 0 Å². The molecule has 11 heteroatoms. The number of H-pyrrole nitrogens is 1.